The molecule has 1 aliphatic heterocycles. The highest BCUT2D eigenvalue weighted by Crippen LogP contribution is 2.08. The zero-order chi connectivity index (χ0) is 14.3. The molecule has 0 saturated carbocycles. The van der Waals surface area contributed by atoms with Crippen molar-refractivity contribution >= 4 is 12.0 Å². The monoisotopic (exact) mass is 271 g/mol. The van der Waals surface area contributed by atoms with Gasteiger partial charge in [0.2, 0.25) is 0 Å². The topological polar surface area (TPSA) is 61.9 Å². The van der Waals surface area contributed by atoms with Crippen molar-refractivity contribution in [3.63, 3.8) is 0 Å². The van der Waals surface area contributed by atoms with Gasteiger partial charge in [-0.25, -0.2) is 4.79 Å². The van der Waals surface area contributed by atoms with Crippen LogP contribution in [0.4, 0.5) is 4.79 Å². The summed E-state index contributed by atoms with van der Waals surface area (Å²) in [5.41, 5.74) is 0. The lowest BCUT2D eigenvalue weighted by Crippen LogP contribution is -2.54. The van der Waals surface area contributed by atoms with E-state index in [0.717, 1.165) is 19.5 Å². The van der Waals surface area contributed by atoms with Crippen molar-refractivity contribution in [1.82, 2.24) is 15.1 Å². The van der Waals surface area contributed by atoms with Gasteiger partial charge in [-0.05, 0) is 20.3 Å². The molecule has 1 saturated heterocycles. The first-order chi connectivity index (χ1) is 9.08. The minimum absolute atomic E-state index is 0.0573. The fourth-order valence-electron chi connectivity index (χ4n) is 2.10. The number of nitrogens with one attached hydrogen (secondary N) is 1. The number of rotatable bonds is 5. The van der Waals surface area contributed by atoms with Gasteiger partial charge in [-0.3, -0.25) is 9.69 Å². The average Bonchev–Trinajstić information content (AvgIpc) is 2.44. The van der Waals surface area contributed by atoms with Crippen LogP contribution in [0.1, 0.15) is 27.2 Å². The maximum atomic E-state index is 11.8. The molecule has 0 aromatic heterocycles. The maximum Gasteiger partial charge on any atom is 0.325 e. The number of amides is 2. The Bertz CT molecular complexity index is 302. The molecule has 1 N–H and O–H groups in total. The molecule has 6 nitrogen and oxygen atoms in total. The molecule has 0 radical (unpaired) electrons. The first kappa shape index (κ1) is 15.8. The Kier molecular flexibility index (Phi) is 6.62. The Labute approximate surface area is 115 Å². The molecule has 0 aliphatic carbocycles. The van der Waals surface area contributed by atoms with Crippen molar-refractivity contribution in [3.05, 3.63) is 0 Å². The molecule has 0 aromatic rings. The van der Waals surface area contributed by atoms with E-state index in [1.54, 1.807) is 11.8 Å². The molecule has 1 rings (SSSR count). The number of hydrogen-bond acceptors (Lipinski definition) is 4. The van der Waals surface area contributed by atoms with E-state index < -0.39 is 5.97 Å². The molecule has 1 atom stereocenters. The summed E-state index contributed by atoms with van der Waals surface area (Å²) >= 11 is 0. The number of piperazine rings is 1. The molecule has 1 unspecified atom stereocenters. The second kappa shape index (κ2) is 7.99. The summed E-state index contributed by atoms with van der Waals surface area (Å²) in [6.07, 6.45) is 1.12. The predicted molar refractivity (Wildman–Crippen MR) is 72.9 cm³/mol. The highest BCUT2D eigenvalue weighted by molar-refractivity contribution is 5.80. The number of nitrogens with zero attached hydrogens (tertiary/aromatic N) is 2. The summed E-state index contributed by atoms with van der Waals surface area (Å²) < 4.78 is 4.76. The number of carbonyl (C=O) groups excluding carboxylic acids is 2. The Morgan fingerprint density at radius 2 is 1.84 bits per heavy atom. The van der Waals surface area contributed by atoms with Gasteiger partial charge in [0.05, 0.1) is 6.61 Å². The van der Waals surface area contributed by atoms with Gasteiger partial charge in [0.1, 0.15) is 6.54 Å². The van der Waals surface area contributed by atoms with Crippen molar-refractivity contribution in [1.29, 1.82) is 0 Å². The van der Waals surface area contributed by atoms with Gasteiger partial charge in [0.25, 0.3) is 0 Å². The Hall–Kier alpha value is -1.30. The number of urea groups is 1. The lowest BCUT2D eigenvalue weighted by atomic mass is 10.2. The van der Waals surface area contributed by atoms with Crippen molar-refractivity contribution < 1.29 is 14.3 Å². The van der Waals surface area contributed by atoms with E-state index in [4.69, 9.17) is 4.74 Å². The molecule has 1 heterocycles. The van der Waals surface area contributed by atoms with Crippen LogP contribution in [-0.4, -0.2) is 67.2 Å². The summed E-state index contributed by atoms with van der Waals surface area (Å²) in [5.74, 6) is -0.394. The van der Waals surface area contributed by atoms with Crippen molar-refractivity contribution in [2.45, 2.75) is 33.2 Å². The summed E-state index contributed by atoms with van der Waals surface area (Å²) in [6.45, 7) is 9.59. The highest BCUT2D eigenvalue weighted by Gasteiger charge is 2.23. The SMILES string of the molecule is CCOC(=O)CNC(=O)N1CCN(C(C)CC)CC1. The second-order valence-corrected chi connectivity index (χ2v) is 4.74. The van der Waals surface area contributed by atoms with Gasteiger partial charge < -0.3 is 15.0 Å². The van der Waals surface area contributed by atoms with Crippen LogP contribution >= 0.6 is 0 Å². The van der Waals surface area contributed by atoms with Crippen LogP contribution in [0.25, 0.3) is 0 Å². The molecular weight excluding hydrogens is 246 g/mol. The first-order valence-corrected chi connectivity index (χ1v) is 7.00. The normalized spacial score (nSPS) is 17.9. The average molecular weight is 271 g/mol. The lowest BCUT2D eigenvalue weighted by Gasteiger charge is -2.37. The molecule has 1 fully saturated rings. The van der Waals surface area contributed by atoms with E-state index in [1.165, 1.54) is 0 Å². The number of hydrogen-bond donors (Lipinski definition) is 1. The van der Waals surface area contributed by atoms with E-state index in [9.17, 15) is 9.59 Å². The molecule has 19 heavy (non-hydrogen) atoms. The maximum absolute atomic E-state index is 11.8. The van der Waals surface area contributed by atoms with Gasteiger partial charge in [-0.2, -0.15) is 0 Å². The van der Waals surface area contributed by atoms with Crippen LogP contribution in [0, 0.1) is 0 Å². The Morgan fingerprint density at radius 3 is 2.37 bits per heavy atom. The highest BCUT2D eigenvalue weighted by atomic mass is 16.5. The molecule has 6 heteroatoms. The van der Waals surface area contributed by atoms with Crippen LogP contribution in [0.5, 0.6) is 0 Å². The summed E-state index contributed by atoms with van der Waals surface area (Å²) in [4.78, 5) is 27.1. The number of carbonyl (C=O) groups is 2. The standard InChI is InChI=1S/C13H25N3O3/c1-4-11(3)15-6-8-16(9-7-15)13(18)14-10-12(17)19-5-2/h11H,4-10H2,1-3H3,(H,14,18). The summed E-state index contributed by atoms with van der Waals surface area (Å²) in [6, 6.07) is 0.376. The van der Waals surface area contributed by atoms with E-state index in [1.807, 2.05) is 0 Å². The van der Waals surface area contributed by atoms with Crippen molar-refractivity contribution in [2.24, 2.45) is 0 Å². The Morgan fingerprint density at radius 1 is 1.21 bits per heavy atom. The third-order valence-electron chi connectivity index (χ3n) is 3.50. The largest absolute Gasteiger partial charge is 0.465 e. The van der Waals surface area contributed by atoms with Crippen LogP contribution in [-0.2, 0) is 9.53 Å². The van der Waals surface area contributed by atoms with Gasteiger partial charge >= 0.3 is 12.0 Å². The van der Waals surface area contributed by atoms with E-state index >= 15 is 0 Å². The fourth-order valence-corrected chi connectivity index (χ4v) is 2.10. The van der Waals surface area contributed by atoms with Crippen molar-refractivity contribution in [3.8, 4) is 0 Å². The molecule has 0 bridgehead atoms. The molecular formula is C13H25N3O3. The van der Waals surface area contributed by atoms with Crippen LogP contribution < -0.4 is 5.32 Å². The zero-order valence-corrected chi connectivity index (χ0v) is 12.1. The number of esters is 1. The Balaban J connectivity index is 2.27. The third-order valence-corrected chi connectivity index (χ3v) is 3.50. The molecule has 1 aliphatic rings. The molecule has 110 valence electrons. The minimum atomic E-state index is -0.394. The van der Waals surface area contributed by atoms with Gasteiger partial charge in [-0.1, -0.05) is 6.92 Å². The second-order valence-electron chi connectivity index (χ2n) is 4.74. The van der Waals surface area contributed by atoms with Gasteiger partial charge in [-0.15, -0.1) is 0 Å². The van der Waals surface area contributed by atoms with E-state index in [2.05, 4.69) is 24.1 Å². The van der Waals surface area contributed by atoms with Gasteiger partial charge in [0.15, 0.2) is 0 Å². The van der Waals surface area contributed by atoms with Crippen LogP contribution in [0.2, 0.25) is 0 Å². The predicted octanol–water partition coefficient (Wildman–Crippen LogP) is 0.675. The quantitative estimate of drug-likeness (QED) is 0.747. The van der Waals surface area contributed by atoms with E-state index in [0.29, 0.717) is 25.7 Å². The smallest absolute Gasteiger partial charge is 0.325 e. The third kappa shape index (κ3) is 5.06. The summed E-state index contributed by atoms with van der Waals surface area (Å²) in [5, 5.41) is 2.59. The van der Waals surface area contributed by atoms with Gasteiger partial charge in [0, 0.05) is 32.2 Å². The van der Waals surface area contributed by atoms with Crippen LogP contribution in [0.15, 0.2) is 0 Å². The first-order valence-electron chi connectivity index (χ1n) is 7.00. The van der Waals surface area contributed by atoms with E-state index in [-0.39, 0.29) is 12.6 Å². The lowest BCUT2D eigenvalue weighted by molar-refractivity contribution is -0.141. The minimum Gasteiger partial charge on any atom is -0.465 e. The zero-order valence-electron chi connectivity index (χ0n) is 12.1. The fraction of sp³-hybridized carbons (Fsp3) is 0.846. The number of ether oxygens (including phenoxy) is 1. The molecule has 0 aromatic carbocycles. The van der Waals surface area contributed by atoms with Crippen LogP contribution in [0.3, 0.4) is 0 Å². The molecule has 2 amide bonds. The van der Waals surface area contributed by atoms with Crippen molar-refractivity contribution in [2.75, 3.05) is 39.3 Å². The summed E-state index contributed by atoms with van der Waals surface area (Å²) in [7, 11) is 0. The molecule has 0 spiro atoms.